The molecule has 0 amide bonds. The molecule has 180 valence electrons. The first-order valence-electron chi connectivity index (χ1n) is 10.9. The molecule has 0 radical (unpaired) electrons. The van der Waals surface area contributed by atoms with Gasteiger partial charge in [-0.3, -0.25) is 4.57 Å². The standard InChI is InChI=1S/C23H21F2N7O3/c24-18(25)19-26-15-8-4-5-9-16(15)32(19)23-29-21(28-22(30-23)31-10-12-35-13-11-31)27-17(20(33)34)14-6-2-1-3-7-14/h1-9,17-18H,10-13H2,(H,33,34)(H,27,28,29,30). The Balaban J connectivity index is 1.65. The van der Waals surface area contributed by atoms with Crippen molar-refractivity contribution in [2.75, 3.05) is 36.5 Å². The molecule has 1 aliphatic heterocycles. The quantitative estimate of drug-likeness (QED) is 0.410. The molecule has 2 aromatic heterocycles. The number of aliphatic carboxylic acids is 1. The summed E-state index contributed by atoms with van der Waals surface area (Å²) in [5.74, 6) is -1.60. The van der Waals surface area contributed by atoms with Gasteiger partial charge in [0.25, 0.3) is 6.43 Å². The third kappa shape index (κ3) is 4.60. The van der Waals surface area contributed by atoms with Crippen LogP contribution in [0.3, 0.4) is 0 Å². The van der Waals surface area contributed by atoms with E-state index in [0.717, 1.165) is 0 Å². The van der Waals surface area contributed by atoms with Crippen LogP contribution in [0.5, 0.6) is 0 Å². The Morgan fingerprint density at radius 3 is 2.34 bits per heavy atom. The zero-order chi connectivity index (χ0) is 24.4. The molecule has 2 aromatic carbocycles. The summed E-state index contributed by atoms with van der Waals surface area (Å²) >= 11 is 0. The van der Waals surface area contributed by atoms with E-state index in [2.05, 4.69) is 25.3 Å². The first kappa shape index (κ1) is 22.6. The summed E-state index contributed by atoms with van der Waals surface area (Å²) < 4.78 is 34.5. The highest BCUT2D eigenvalue weighted by molar-refractivity contribution is 5.79. The Morgan fingerprint density at radius 2 is 1.63 bits per heavy atom. The number of anilines is 2. The average molecular weight is 481 g/mol. The summed E-state index contributed by atoms with van der Waals surface area (Å²) in [4.78, 5) is 31.2. The van der Waals surface area contributed by atoms with Gasteiger partial charge in [-0.2, -0.15) is 15.0 Å². The van der Waals surface area contributed by atoms with Crippen molar-refractivity contribution in [1.82, 2.24) is 24.5 Å². The molecule has 0 saturated carbocycles. The van der Waals surface area contributed by atoms with Gasteiger partial charge in [0, 0.05) is 13.1 Å². The van der Waals surface area contributed by atoms with E-state index in [0.29, 0.717) is 42.9 Å². The van der Waals surface area contributed by atoms with E-state index in [9.17, 15) is 18.7 Å². The monoisotopic (exact) mass is 481 g/mol. The Bertz CT molecular complexity index is 1340. The third-order valence-electron chi connectivity index (χ3n) is 5.54. The minimum atomic E-state index is -2.89. The van der Waals surface area contributed by atoms with Crippen molar-refractivity contribution < 1.29 is 23.4 Å². The van der Waals surface area contributed by atoms with Crippen molar-refractivity contribution in [2.45, 2.75) is 12.5 Å². The summed E-state index contributed by atoms with van der Waals surface area (Å²) in [6, 6.07) is 14.0. The number of para-hydroxylation sites is 2. The summed E-state index contributed by atoms with van der Waals surface area (Å²) in [7, 11) is 0. The Morgan fingerprint density at radius 1 is 0.943 bits per heavy atom. The minimum absolute atomic E-state index is 0.0641. The number of carboxylic acids is 1. The number of carbonyl (C=O) groups is 1. The van der Waals surface area contributed by atoms with E-state index in [4.69, 9.17) is 4.74 Å². The molecule has 5 rings (SSSR count). The van der Waals surface area contributed by atoms with Crippen molar-refractivity contribution in [2.24, 2.45) is 0 Å². The van der Waals surface area contributed by atoms with Crippen LogP contribution >= 0.6 is 0 Å². The van der Waals surface area contributed by atoms with Gasteiger partial charge < -0.3 is 20.1 Å². The van der Waals surface area contributed by atoms with Gasteiger partial charge in [0.05, 0.1) is 24.2 Å². The maximum atomic E-state index is 14.0. The van der Waals surface area contributed by atoms with Crippen LogP contribution in [0.4, 0.5) is 20.7 Å². The van der Waals surface area contributed by atoms with E-state index in [-0.39, 0.29) is 17.8 Å². The molecule has 1 aliphatic rings. The second kappa shape index (κ2) is 9.58. The smallest absolute Gasteiger partial charge is 0.330 e. The molecule has 0 bridgehead atoms. The van der Waals surface area contributed by atoms with Crippen LogP contribution in [0, 0.1) is 0 Å². The van der Waals surface area contributed by atoms with E-state index < -0.39 is 24.3 Å². The van der Waals surface area contributed by atoms with Gasteiger partial charge >= 0.3 is 5.97 Å². The molecule has 1 atom stereocenters. The number of hydrogen-bond donors (Lipinski definition) is 2. The molecule has 0 aliphatic carbocycles. The third-order valence-corrected chi connectivity index (χ3v) is 5.54. The highest BCUT2D eigenvalue weighted by Gasteiger charge is 2.26. The van der Waals surface area contributed by atoms with Crippen molar-refractivity contribution in [3.8, 4) is 5.95 Å². The molecular weight excluding hydrogens is 460 g/mol. The van der Waals surface area contributed by atoms with Gasteiger partial charge in [0.2, 0.25) is 17.8 Å². The van der Waals surface area contributed by atoms with Gasteiger partial charge in [0.15, 0.2) is 11.9 Å². The largest absolute Gasteiger partial charge is 0.479 e. The lowest BCUT2D eigenvalue weighted by Gasteiger charge is -2.27. The molecule has 1 fully saturated rings. The van der Waals surface area contributed by atoms with Crippen LogP contribution in [0.2, 0.25) is 0 Å². The number of ether oxygens (including phenoxy) is 1. The number of benzene rings is 2. The molecule has 3 heterocycles. The van der Waals surface area contributed by atoms with Crippen LogP contribution in [0.15, 0.2) is 54.6 Å². The van der Waals surface area contributed by atoms with Gasteiger partial charge in [0.1, 0.15) is 0 Å². The number of fused-ring (bicyclic) bond motifs is 1. The van der Waals surface area contributed by atoms with E-state index in [1.54, 1.807) is 54.6 Å². The summed E-state index contributed by atoms with van der Waals surface area (Å²) in [5.41, 5.74) is 1.24. The molecule has 12 heteroatoms. The predicted molar refractivity (Wildman–Crippen MR) is 123 cm³/mol. The second-order valence-electron chi connectivity index (χ2n) is 7.78. The van der Waals surface area contributed by atoms with Crippen molar-refractivity contribution in [3.63, 3.8) is 0 Å². The van der Waals surface area contributed by atoms with Gasteiger partial charge in [-0.25, -0.2) is 18.6 Å². The maximum Gasteiger partial charge on any atom is 0.330 e. The Hall–Kier alpha value is -4.19. The molecule has 35 heavy (non-hydrogen) atoms. The first-order valence-corrected chi connectivity index (χ1v) is 10.9. The molecule has 2 N–H and O–H groups in total. The van der Waals surface area contributed by atoms with Crippen LogP contribution in [0.1, 0.15) is 23.9 Å². The summed E-state index contributed by atoms with van der Waals surface area (Å²) in [6.07, 6.45) is -2.89. The average Bonchev–Trinajstić information content (AvgIpc) is 3.28. The highest BCUT2D eigenvalue weighted by Crippen LogP contribution is 2.28. The van der Waals surface area contributed by atoms with Crippen LogP contribution in [0.25, 0.3) is 17.0 Å². The van der Waals surface area contributed by atoms with Gasteiger partial charge in [-0.05, 0) is 17.7 Å². The zero-order valence-corrected chi connectivity index (χ0v) is 18.4. The number of alkyl halides is 2. The number of rotatable bonds is 7. The minimum Gasteiger partial charge on any atom is -0.479 e. The maximum absolute atomic E-state index is 14.0. The van der Waals surface area contributed by atoms with E-state index in [1.807, 2.05) is 4.90 Å². The number of imidazole rings is 1. The van der Waals surface area contributed by atoms with Crippen molar-refractivity contribution >= 4 is 28.9 Å². The lowest BCUT2D eigenvalue weighted by atomic mass is 10.1. The highest BCUT2D eigenvalue weighted by atomic mass is 19.3. The lowest BCUT2D eigenvalue weighted by molar-refractivity contribution is -0.138. The topological polar surface area (TPSA) is 118 Å². The van der Waals surface area contributed by atoms with Crippen LogP contribution < -0.4 is 10.2 Å². The first-order chi connectivity index (χ1) is 17.0. The normalized spacial score (nSPS) is 14.9. The SMILES string of the molecule is O=C(O)C(Nc1nc(N2CCOCC2)nc(-n2c(C(F)F)nc3ccccc32)n1)c1ccccc1. The number of nitrogens with zero attached hydrogens (tertiary/aromatic N) is 6. The fourth-order valence-corrected chi connectivity index (χ4v) is 3.89. The number of halogens is 2. The number of carboxylic acid groups (broad SMARTS) is 1. The molecular formula is C23H21F2N7O3. The number of morpholine rings is 1. The van der Waals surface area contributed by atoms with Gasteiger partial charge in [-0.1, -0.05) is 42.5 Å². The van der Waals surface area contributed by atoms with Gasteiger partial charge in [-0.15, -0.1) is 0 Å². The Labute approximate surface area is 198 Å². The van der Waals surface area contributed by atoms with Crippen LogP contribution in [-0.2, 0) is 9.53 Å². The molecule has 4 aromatic rings. The van der Waals surface area contributed by atoms with Crippen molar-refractivity contribution in [3.05, 3.63) is 66.0 Å². The number of hydrogen-bond acceptors (Lipinski definition) is 8. The van der Waals surface area contributed by atoms with Crippen molar-refractivity contribution in [1.29, 1.82) is 0 Å². The Kier molecular flexibility index (Phi) is 6.19. The number of nitrogens with one attached hydrogen (secondary N) is 1. The zero-order valence-electron chi connectivity index (χ0n) is 18.4. The van der Waals surface area contributed by atoms with Crippen LogP contribution in [-0.4, -0.2) is 61.9 Å². The second-order valence-corrected chi connectivity index (χ2v) is 7.78. The fraction of sp³-hybridized carbons (Fsp3) is 0.261. The fourth-order valence-electron chi connectivity index (χ4n) is 3.89. The molecule has 1 saturated heterocycles. The molecule has 0 spiro atoms. The lowest BCUT2D eigenvalue weighted by Crippen LogP contribution is -2.38. The van der Waals surface area contributed by atoms with E-state index in [1.165, 1.54) is 4.57 Å². The summed E-state index contributed by atoms with van der Waals surface area (Å²) in [5, 5.41) is 12.7. The molecule has 10 nitrogen and oxygen atoms in total. The van der Waals surface area contributed by atoms with E-state index >= 15 is 0 Å². The number of aromatic nitrogens is 5. The summed E-state index contributed by atoms with van der Waals surface area (Å²) in [6.45, 7) is 1.86. The molecule has 1 unspecified atom stereocenters. The predicted octanol–water partition coefficient (Wildman–Crippen LogP) is 3.22.